The van der Waals surface area contributed by atoms with Gasteiger partial charge in [-0.25, -0.2) is 4.98 Å². The van der Waals surface area contributed by atoms with Crippen LogP contribution in [0.5, 0.6) is 23.0 Å². The van der Waals surface area contributed by atoms with E-state index >= 15 is 0 Å². The average molecular weight is 676 g/mol. The van der Waals surface area contributed by atoms with E-state index < -0.39 is 0 Å². The van der Waals surface area contributed by atoms with Crippen molar-refractivity contribution in [1.82, 2.24) is 14.8 Å². The molecule has 0 spiro atoms. The summed E-state index contributed by atoms with van der Waals surface area (Å²) in [5.41, 5.74) is 8.44. The summed E-state index contributed by atoms with van der Waals surface area (Å²) in [6.45, 7) is 8.80. The van der Waals surface area contributed by atoms with Crippen molar-refractivity contribution in [3.8, 4) is 56.1 Å². The molecule has 4 aromatic carbocycles. The van der Waals surface area contributed by atoms with Gasteiger partial charge in [0.2, 0.25) is 5.91 Å². The molecule has 6 rings (SSSR count). The summed E-state index contributed by atoms with van der Waals surface area (Å²) in [5.74, 6) is 2.74. The maximum atomic E-state index is 12.7. The van der Waals surface area contributed by atoms with Gasteiger partial charge in [-0.1, -0.05) is 12.1 Å². The van der Waals surface area contributed by atoms with E-state index in [9.17, 15) is 4.79 Å². The number of hydrogen-bond donors (Lipinski definition) is 0. The lowest BCUT2D eigenvalue weighted by Crippen LogP contribution is -2.09. The van der Waals surface area contributed by atoms with Gasteiger partial charge in [0.1, 0.15) is 16.5 Å². The predicted molar refractivity (Wildman–Crippen MR) is 197 cm³/mol. The molecule has 2 heterocycles. The third-order valence-corrected chi connectivity index (χ3v) is 9.71. The highest BCUT2D eigenvalue weighted by Gasteiger charge is 2.18. The van der Waals surface area contributed by atoms with Gasteiger partial charge in [-0.15, -0.1) is 11.3 Å². The largest absolute Gasteiger partial charge is 0.496 e. The number of thiazole rings is 1. The Bertz CT molecular complexity index is 2080. The molecule has 252 valence electrons. The fourth-order valence-electron chi connectivity index (χ4n) is 5.79. The Kier molecular flexibility index (Phi) is 10.3. The van der Waals surface area contributed by atoms with Gasteiger partial charge in [0.15, 0.2) is 11.5 Å². The quantitative estimate of drug-likeness (QED) is 0.113. The summed E-state index contributed by atoms with van der Waals surface area (Å²) in [6.07, 6.45) is 2.71. The smallest absolute Gasteiger partial charge is 0.244 e. The highest BCUT2D eigenvalue weighted by atomic mass is 32.1. The number of benzene rings is 4. The van der Waals surface area contributed by atoms with E-state index in [1.54, 1.807) is 25.6 Å². The van der Waals surface area contributed by atoms with E-state index in [2.05, 4.69) is 36.3 Å². The minimum absolute atomic E-state index is 0.183. The normalized spacial score (nSPS) is 11.1. The van der Waals surface area contributed by atoms with Crippen molar-refractivity contribution in [2.75, 3.05) is 27.4 Å². The molecule has 0 aliphatic rings. The van der Waals surface area contributed by atoms with E-state index in [-0.39, 0.29) is 5.91 Å². The Morgan fingerprint density at radius 1 is 0.714 bits per heavy atom. The average Bonchev–Trinajstić information content (AvgIpc) is 3.75. The van der Waals surface area contributed by atoms with Crippen LogP contribution in [0.25, 0.3) is 43.3 Å². The van der Waals surface area contributed by atoms with Crippen molar-refractivity contribution < 1.29 is 23.7 Å². The molecule has 8 nitrogen and oxygen atoms in total. The summed E-state index contributed by atoms with van der Waals surface area (Å²) >= 11 is 1.70. The Morgan fingerprint density at radius 2 is 1.39 bits per heavy atom. The minimum Gasteiger partial charge on any atom is -0.496 e. The van der Waals surface area contributed by atoms with Crippen LogP contribution in [0.1, 0.15) is 47.7 Å². The summed E-state index contributed by atoms with van der Waals surface area (Å²) < 4.78 is 26.1. The molecule has 0 atom stereocenters. The fraction of sp³-hybridized carbons (Fsp3) is 0.275. The van der Waals surface area contributed by atoms with Gasteiger partial charge in [-0.2, -0.15) is 9.78 Å². The lowest BCUT2D eigenvalue weighted by molar-refractivity contribution is 0.0923. The van der Waals surface area contributed by atoms with Crippen LogP contribution in [0, 0.1) is 20.8 Å². The van der Waals surface area contributed by atoms with Gasteiger partial charge in [-0.05, 0) is 123 Å². The molecule has 0 radical (unpaired) electrons. The summed E-state index contributed by atoms with van der Waals surface area (Å²) in [6, 6.07) is 26.1. The number of unbranched alkanes of at least 4 members (excludes halogenated alkanes) is 2. The molecule has 9 heteroatoms. The number of carbonyl (C=O) groups is 1. The zero-order valence-corrected chi connectivity index (χ0v) is 29.6. The molecular formula is C40H41N3O5S. The number of para-hydroxylation sites is 1. The zero-order chi connectivity index (χ0) is 34.5. The number of rotatable bonds is 13. The molecule has 6 aromatic rings. The number of aryl methyl sites for hydroxylation is 2. The number of methoxy groups -OCH3 is 2. The third-order valence-electron chi connectivity index (χ3n) is 8.62. The van der Waals surface area contributed by atoms with Gasteiger partial charge in [0.25, 0.3) is 0 Å². The Morgan fingerprint density at radius 3 is 2.10 bits per heavy atom. The van der Waals surface area contributed by atoms with E-state index in [4.69, 9.17) is 23.9 Å². The zero-order valence-electron chi connectivity index (χ0n) is 28.8. The lowest BCUT2D eigenvalue weighted by Gasteiger charge is -2.13. The molecule has 0 N–H and O–H groups in total. The van der Waals surface area contributed by atoms with Crippen molar-refractivity contribution in [3.63, 3.8) is 0 Å². The molecule has 49 heavy (non-hydrogen) atoms. The maximum Gasteiger partial charge on any atom is 0.244 e. The molecule has 0 saturated carbocycles. The second-order valence-electron chi connectivity index (χ2n) is 12.1. The van der Waals surface area contributed by atoms with Crippen LogP contribution in [-0.4, -0.2) is 48.1 Å². The highest BCUT2D eigenvalue weighted by Crippen LogP contribution is 2.36. The van der Waals surface area contributed by atoms with Crippen molar-refractivity contribution in [2.24, 2.45) is 0 Å². The van der Waals surface area contributed by atoms with Crippen LogP contribution < -0.4 is 18.9 Å². The summed E-state index contributed by atoms with van der Waals surface area (Å²) in [4.78, 5) is 17.4. The second kappa shape index (κ2) is 15.0. The highest BCUT2D eigenvalue weighted by molar-refractivity contribution is 7.21. The first kappa shape index (κ1) is 33.7. The minimum atomic E-state index is -0.183. The van der Waals surface area contributed by atoms with Crippen LogP contribution in [0.2, 0.25) is 0 Å². The van der Waals surface area contributed by atoms with Crippen molar-refractivity contribution >= 4 is 27.5 Å². The number of hydrogen-bond acceptors (Lipinski definition) is 8. The first-order valence-electron chi connectivity index (χ1n) is 16.4. The van der Waals surface area contributed by atoms with Crippen LogP contribution in [0.4, 0.5) is 0 Å². The molecule has 0 fully saturated rings. The molecule has 0 bridgehead atoms. The van der Waals surface area contributed by atoms with E-state index in [1.165, 1.54) is 16.3 Å². The van der Waals surface area contributed by atoms with Crippen molar-refractivity contribution in [2.45, 2.75) is 47.0 Å². The van der Waals surface area contributed by atoms with Crippen LogP contribution >= 0.6 is 11.3 Å². The Hall–Kier alpha value is -5.15. The van der Waals surface area contributed by atoms with Crippen LogP contribution in [0.15, 0.2) is 78.9 Å². The summed E-state index contributed by atoms with van der Waals surface area (Å²) in [5, 5.41) is 5.68. The first-order chi connectivity index (χ1) is 23.7. The SMILES string of the molecule is COc1ccc(-c2cc(-c3cc(C)c(C)c(OC)c3)nn2C(C)=O)cc1OCCCCCOc1ccc(-c2nc3ccccc3s2)cc1C. The molecule has 0 aliphatic carbocycles. The second-order valence-corrected chi connectivity index (χ2v) is 13.1. The van der Waals surface area contributed by atoms with Crippen LogP contribution in [0.3, 0.4) is 0 Å². The Labute approximate surface area is 291 Å². The topological polar surface area (TPSA) is 84.7 Å². The number of nitrogens with zero attached hydrogens (tertiary/aromatic N) is 3. The monoisotopic (exact) mass is 675 g/mol. The standard InChI is InChI=1S/C40H41N3O5S/c1-25-20-31(23-37(46-6)27(25)3)33-24-34(43(42-33)28(4)44)29-14-17-36(45-5)38(22-29)48-19-11-7-10-18-47-35-16-15-30(21-26(35)2)40-41-32-12-8-9-13-39(32)49-40/h8-9,12-17,20-24H,7,10-11,18-19H2,1-6H3. The summed E-state index contributed by atoms with van der Waals surface area (Å²) in [7, 11) is 3.28. The van der Waals surface area contributed by atoms with Gasteiger partial charge >= 0.3 is 0 Å². The molecular weight excluding hydrogens is 635 g/mol. The Balaban J connectivity index is 1.05. The molecule has 0 aliphatic heterocycles. The van der Waals surface area contributed by atoms with Crippen molar-refractivity contribution in [1.29, 1.82) is 0 Å². The van der Waals surface area contributed by atoms with Gasteiger partial charge < -0.3 is 18.9 Å². The van der Waals surface area contributed by atoms with Gasteiger partial charge in [0, 0.05) is 23.6 Å². The maximum absolute atomic E-state index is 12.7. The number of ether oxygens (including phenoxy) is 4. The number of fused-ring (bicyclic) bond motifs is 1. The molecule has 2 aromatic heterocycles. The molecule has 0 amide bonds. The van der Waals surface area contributed by atoms with E-state index in [0.29, 0.717) is 36.1 Å². The molecule has 0 saturated heterocycles. The number of carbonyl (C=O) groups excluding carboxylic acids is 1. The first-order valence-corrected chi connectivity index (χ1v) is 17.2. The van der Waals surface area contributed by atoms with Gasteiger partial charge in [-0.3, -0.25) is 4.79 Å². The third kappa shape index (κ3) is 7.47. The van der Waals surface area contributed by atoms with E-state index in [1.807, 2.05) is 68.4 Å². The number of aromatic nitrogens is 3. The molecule has 0 unspecified atom stereocenters. The van der Waals surface area contributed by atoms with Crippen LogP contribution in [-0.2, 0) is 0 Å². The fourth-order valence-corrected chi connectivity index (χ4v) is 6.75. The van der Waals surface area contributed by atoms with Gasteiger partial charge in [0.05, 0.1) is 49.0 Å². The van der Waals surface area contributed by atoms with E-state index in [0.717, 1.165) is 74.7 Å². The van der Waals surface area contributed by atoms with Crippen molar-refractivity contribution in [3.05, 3.63) is 95.6 Å². The lowest BCUT2D eigenvalue weighted by atomic mass is 10.0. The predicted octanol–water partition coefficient (Wildman–Crippen LogP) is 9.72.